The highest BCUT2D eigenvalue weighted by Crippen LogP contribution is 2.58. The van der Waals surface area contributed by atoms with Gasteiger partial charge < -0.3 is 9.84 Å². The lowest BCUT2D eigenvalue weighted by Crippen LogP contribution is -2.46. The van der Waals surface area contributed by atoms with Gasteiger partial charge in [0, 0.05) is 31.5 Å². The van der Waals surface area contributed by atoms with Crippen molar-refractivity contribution in [1.82, 2.24) is 4.90 Å². The van der Waals surface area contributed by atoms with Gasteiger partial charge in [-0.1, -0.05) is 84.4 Å². The molecule has 1 N–H and O–H groups in total. The fourth-order valence-corrected chi connectivity index (χ4v) is 6.04. The fourth-order valence-electron chi connectivity index (χ4n) is 6.04. The molecule has 5 rings (SSSR count). The summed E-state index contributed by atoms with van der Waals surface area (Å²) in [6.45, 7) is 4.04. The van der Waals surface area contributed by atoms with E-state index in [4.69, 9.17) is 4.74 Å². The number of aliphatic carboxylic acids is 1. The van der Waals surface area contributed by atoms with Crippen LogP contribution in [-0.4, -0.2) is 36.2 Å². The van der Waals surface area contributed by atoms with Gasteiger partial charge in [0.1, 0.15) is 5.75 Å². The second-order valence-corrected chi connectivity index (χ2v) is 9.61. The van der Waals surface area contributed by atoms with E-state index in [0.717, 1.165) is 29.0 Å². The second kappa shape index (κ2) is 9.11. The standard InChI is InChI=1S/C30H31NO3/c1-21-12-14-23(15-13-21)24-16-17-26(25-10-6-7-11-28(25)34-2)30(29(32)33)20-31(19-27(24)30)18-22-8-4-3-5-9-22/h3-16,26-27H,17-20H2,1-2H3,(H,32,33). The van der Waals surface area contributed by atoms with Crippen LogP contribution in [0.5, 0.6) is 5.75 Å². The highest BCUT2D eigenvalue weighted by Gasteiger charge is 2.60. The van der Waals surface area contributed by atoms with Gasteiger partial charge in [-0.3, -0.25) is 9.69 Å². The van der Waals surface area contributed by atoms with Crippen molar-refractivity contribution in [3.63, 3.8) is 0 Å². The highest BCUT2D eigenvalue weighted by molar-refractivity contribution is 5.85. The summed E-state index contributed by atoms with van der Waals surface area (Å²) in [7, 11) is 1.66. The number of hydrogen-bond acceptors (Lipinski definition) is 3. The number of para-hydroxylation sites is 1. The Morgan fingerprint density at radius 1 is 1.00 bits per heavy atom. The number of carboxylic acid groups (broad SMARTS) is 1. The Balaban J connectivity index is 1.62. The third kappa shape index (κ3) is 3.82. The predicted molar refractivity (Wildman–Crippen MR) is 135 cm³/mol. The summed E-state index contributed by atoms with van der Waals surface area (Å²) in [5.41, 5.74) is 4.74. The number of carbonyl (C=O) groups is 1. The fraction of sp³-hybridized carbons (Fsp3) is 0.300. The molecule has 0 aromatic heterocycles. The number of aryl methyl sites for hydroxylation is 1. The molecule has 0 spiro atoms. The van der Waals surface area contributed by atoms with Crippen LogP contribution in [0.25, 0.3) is 5.57 Å². The van der Waals surface area contributed by atoms with E-state index in [9.17, 15) is 9.90 Å². The Bertz CT molecular complexity index is 1200. The number of benzene rings is 3. The Labute approximate surface area is 201 Å². The van der Waals surface area contributed by atoms with Gasteiger partial charge in [-0.15, -0.1) is 0 Å². The maximum atomic E-state index is 13.3. The van der Waals surface area contributed by atoms with Crippen LogP contribution in [0.4, 0.5) is 0 Å². The first-order chi connectivity index (χ1) is 16.5. The molecule has 1 heterocycles. The molecule has 3 aromatic rings. The zero-order valence-corrected chi connectivity index (χ0v) is 19.8. The Morgan fingerprint density at radius 3 is 2.41 bits per heavy atom. The topological polar surface area (TPSA) is 49.8 Å². The Morgan fingerprint density at radius 2 is 1.71 bits per heavy atom. The molecule has 1 aliphatic carbocycles. The smallest absolute Gasteiger partial charge is 0.312 e. The number of rotatable bonds is 6. The number of carboxylic acids is 1. The summed E-state index contributed by atoms with van der Waals surface area (Å²) >= 11 is 0. The van der Waals surface area contributed by atoms with E-state index in [2.05, 4.69) is 54.3 Å². The number of methoxy groups -OCH3 is 1. The monoisotopic (exact) mass is 453 g/mol. The molecular weight excluding hydrogens is 422 g/mol. The van der Waals surface area contributed by atoms with Crippen LogP contribution < -0.4 is 4.74 Å². The number of hydrogen-bond donors (Lipinski definition) is 1. The number of nitrogens with zero attached hydrogens (tertiary/aromatic N) is 1. The van der Waals surface area contributed by atoms with Gasteiger partial charge in [-0.2, -0.15) is 0 Å². The molecule has 0 radical (unpaired) electrons. The van der Waals surface area contributed by atoms with Crippen molar-refractivity contribution in [2.24, 2.45) is 11.3 Å². The Kier molecular flexibility index (Phi) is 6.01. The molecule has 1 aliphatic heterocycles. The molecule has 3 unspecified atom stereocenters. The molecule has 3 atom stereocenters. The quantitative estimate of drug-likeness (QED) is 0.514. The van der Waals surface area contributed by atoms with Crippen LogP contribution in [-0.2, 0) is 11.3 Å². The van der Waals surface area contributed by atoms with Crippen molar-refractivity contribution >= 4 is 11.5 Å². The van der Waals surface area contributed by atoms with Crippen LogP contribution in [0.3, 0.4) is 0 Å². The van der Waals surface area contributed by atoms with Crippen LogP contribution in [0, 0.1) is 18.3 Å². The molecule has 0 saturated carbocycles. The summed E-state index contributed by atoms with van der Waals surface area (Å²) < 4.78 is 5.69. The molecule has 2 aliphatic rings. The van der Waals surface area contributed by atoms with E-state index in [0.29, 0.717) is 19.5 Å². The van der Waals surface area contributed by atoms with Crippen molar-refractivity contribution in [3.8, 4) is 5.75 Å². The van der Waals surface area contributed by atoms with E-state index in [-0.39, 0.29) is 11.8 Å². The zero-order chi connectivity index (χ0) is 23.7. The SMILES string of the molecule is COc1ccccc1C1CC=C(c2ccc(C)cc2)C2CN(Cc3ccccc3)CC21C(=O)O. The van der Waals surface area contributed by atoms with Crippen LogP contribution in [0.15, 0.2) is 84.9 Å². The third-order valence-corrected chi connectivity index (χ3v) is 7.66. The molecule has 4 heteroatoms. The highest BCUT2D eigenvalue weighted by atomic mass is 16.5. The van der Waals surface area contributed by atoms with Crippen LogP contribution in [0.2, 0.25) is 0 Å². The average molecular weight is 454 g/mol. The molecular formula is C30H31NO3. The maximum absolute atomic E-state index is 13.3. The number of likely N-dealkylation sites (tertiary alicyclic amines) is 1. The van der Waals surface area contributed by atoms with E-state index in [1.54, 1.807) is 7.11 Å². The molecule has 1 fully saturated rings. The number of fused-ring (bicyclic) bond motifs is 1. The zero-order valence-electron chi connectivity index (χ0n) is 19.8. The molecule has 0 bridgehead atoms. The number of ether oxygens (including phenoxy) is 1. The first-order valence-corrected chi connectivity index (χ1v) is 11.9. The minimum absolute atomic E-state index is 0.111. The molecule has 1 saturated heterocycles. The summed E-state index contributed by atoms with van der Waals surface area (Å²) in [5.74, 6) is -0.233. The largest absolute Gasteiger partial charge is 0.496 e. The Hall–Kier alpha value is -3.37. The molecule has 4 nitrogen and oxygen atoms in total. The molecule has 174 valence electrons. The first kappa shape index (κ1) is 22.4. The summed E-state index contributed by atoms with van der Waals surface area (Å²) in [6, 6.07) is 26.7. The van der Waals surface area contributed by atoms with Crippen molar-refractivity contribution < 1.29 is 14.6 Å². The van der Waals surface area contributed by atoms with Gasteiger partial charge in [0.15, 0.2) is 0 Å². The lowest BCUT2D eigenvalue weighted by Gasteiger charge is -2.43. The normalized spacial score (nSPS) is 24.4. The van der Waals surface area contributed by atoms with Crippen molar-refractivity contribution in [2.45, 2.75) is 25.8 Å². The van der Waals surface area contributed by atoms with E-state index in [1.807, 2.05) is 42.5 Å². The van der Waals surface area contributed by atoms with Crippen molar-refractivity contribution in [1.29, 1.82) is 0 Å². The van der Waals surface area contributed by atoms with Gasteiger partial charge in [0.25, 0.3) is 0 Å². The van der Waals surface area contributed by atoms with E-state index in [1.165, 1.54) is 11.1 Å². The lowest BCUT2D eigenvalue weighted by molar-refractivity contribution is -0.151. The average Bonchev–Trinajstić information content (AvgIpc) is 3.25. The second-order valence-electron chi connectivity index (χ2n) is 9.61. The molecule has 3 aromatic carbocycles. The summed E-state index contributed by atoms with van der Waals surface area (Å²) in [4.78, 5) is 15.6. The third-order valence-electron chi connectivity index (χ3n) is 7.66. The van der Waals surface area contributed by atoms with Crippen LogP contribution in [0.1, 0.15) is 34.6 Å². The van der Waals surface area contributed by atoms with Gasteiger partial charge in [-0.25, -0.2) is 0 Å². The summed E-state index contributed by atoms with van der Waals surface area (Å²) in [6.07, 6.45) is 2.95. The molecule has 34 heavy (non-hydrogen) atoms. The van der Waals surface area contributed by atoms with Crippen LogP contribution >= 0.6 is 0 Å². The minimum atomic E-state index is -0.932. The maximum Gasteiger partial charge on any atom is 0.312 e. The number of allylic oxidation sites excluding steroid dienone is 1. The van der Waals surface area contributed by atoms with Gasteiger partial charge in [0.2, 0.25) is 0 Å². The van der Waals surface area contributed by atoms with Crippen molar-refractivity contribution in [3.05, 3.63) is 107 Å². The van der Waals surface area contributed by atoms with E-state index >= 15 is 0 Å². The van der Waals surface area contributed by atoms with E-state index < -0.39 is 11.4 Å². The minimum Gasteiger partial charge on any atom is -0.496 e. The van der Waals surface area contributed by atoms with Gasteiger partial charge >= 0.3 is 5.97 Å². The first-order valence-electron chi connectivity index (χ1n) is 11.9. The van der Waals surface area contributed by atoms with Gasteiger partial charge in [-0.05, 0) is 41.7 Å². The lowest BCUT2D eigenvalue weighted by atomic mass is 9.58. The van der Waals surface area contributed by atoms with Gasteiger partial charge in [0.05, 0.1) is 12.5 Å². The predicted octanol–water partition coefficient (Wildman–Crippen LogP) is 5.78. The molecule has 0 amide bonds. The van der Waals surface area contributed by atoms with Crippen molar-refractivity contribution in [2.75, 3.05) is 20.2 Å². The summed E-state index contributed by atoms with van der Waals surface area (Å²) in [5, 5.41) is 10.9.